The van der Waals surface area contributed by atoms with Gasteiger partial charge in [-0.05, 0) is 41.3 Å². The van der Waals surface area contributed by atoms with E-state index in [1.807, 2.05) is 24.3 Å². The summed E-state index contributed by atoms with van der Waals surface area (Å²) in [6, 6.07) is 15.9. The maximum absolute atomic E-state index is 11.7. The molecule has 2 aromatic carbocycles. The van der Waals surface area contributed by atoms with E-state index in [0.717, 1.165) is 23.4 Å². The zero-order chi connectivity index (χ0) is 16.0. The molecule has 4 rings (SSSR count). The molecule has 0 bridgehead atoms. The van der Waals surface area contributed by atoms with Crippen LogP contribution in [0.3, 0.4) is 0 Å². The highest BCUT2D eigenvalue weighted by Gasteiger charge is 2.27. The van der Waals surface area contributed by atoms with E-state index in [-0.39, 0.29) is 12.1 Å². The minimum atomic E-state index is -0.319. The monoisotopic (exact) mass is 307 g/mol. The Bertz CT molecular complexity index is 910. The number of hydrogen-bond acceptors (Lipinski definition) is 3. The van der Waals surface area contributed by atoms with E-state index in [4.69, 9.17) is 9.47 Å². The molecule has 1 unspecified atom stereocenters. The van der Waals surface area contributed by atoms with E-state index in [0.29, 0.717) is 5.56 Å². The highest BCUT2D eigenvalue weighted by Crippen LogP contribution is 2.38. The topological polar surface area (TPSA) is 40.5 Å². The summed E-state index contributed by atoms with van der Waals surface area (Å²) in [7, 11) is 3.45. The first-order valence-corrected chi connectivity index (χ1v) is 7.59. The molecular weight excluding hydrogens is 290 g/mol. The number of carbonyl (C=O) groups excluding carboxylic acids is 1. The van der Waals surface area contributed by atoms with Crippen molar-refractivity contribution in [3.8, 4) is 5.75 Å². The summed E-state index contributed by atoms with van der Waals surface area (Å²) in [4.78, 5) is 11.7. The van der Waals surface area contributed by atoms with Gasteiger partial charge in [0, 0.05) is 19.0 Å². The Balaban J connectivity index is 1.69. The number of fused-ring (bicyclic) bond motifs is 2. The van der Waals surface area contributed by atoms with Crippen molar-refractivity contribution in [2.45, 2.75) is 12.5 Å². The molecule has 23 heavy (non-hydrogen) atoms. The lowest BCUT2D eigenvalue weighted by Gasteiger charge is -2.12. The molecule has 0 spiro atoms. The van der Waals surface area contributed by atoms with Gasteiger partial charge in [-0.3, -0.25) is 0 Å². The Morgan fingerprint density at radius 1 is 1.22 bits per heavy atom. The highest BCUT2D eigenvalue weighted by molar-refractivity contribution is 5.89. The van der Waals surface area contributed by atoms with Crippen LogP contribution >= 0.6 is 0 Å². The number of para-hydroxylation sites is 1. The summed E-state index contributed by atoms with van der Waals surface area (Å²) < 4.78 is 13.1. The van der Waals surface area contributed by atoms with Crippen LogP contribution in [0.2, 0.25) is 0 Å². The van der Waals surface area contributed by atoms with E-state index < -0.39 is 0 Å². The van der Waals surface area contributed by atoms with Crippen LogP contribution in [-0.2, 0) is 18.2 Å². The average Bonchev–Trinajstić information content (AvgIpc) is 3.15. The Kier molecular flexibility index (Phi) is 3.11. The van der Waals surface area contributed by atoms with Gasteiger partial charge in [-0.1, -0.05) is 18.2 Å². The molecule has 0 saturated heterocycles. The predicted molar refractivity (Wildman–Crippen MR) is 87.8 cm³/mol. The van der Waals surface area contributed by atoms with Gasteiger partial charge in [0.25, 0.3) is 0 Å². The molecule has 1 atom stereocenters. The molecule has 0 aliphatic carbocycles. The fraction of sp³-hybridized carbons (Fsp3) is 0.211. The van der Waals surface area contributed by atoms with Crippen LogP contribution in [0.15, 0.2) is 48.5 Å². The second-order valence-corrected chi connectivity index (χ2v) is 5.81. The predicted octanol–water partition coefficient (Wildman–Crippen LogP) is 3.64. The molecule has 4 nitrogen and oxygen atoms in total. The van der Waals surface area contributed by atoms with E-state index in [2.05, 4.69) is 29.8 Å². The molecule has 0 radical (unpaired) electrons. The zero-order valence-electron chi connectivity index (χ0n) is 13.1. The first-order chi connectivity index (χ1) is 11.2. The molecule has 1 aliphatic heterocycles. The van der Waals surface area contributed by atoms with Gasteiger partial charge in [-0.15, -0.1) is 0 Å². The standard InChI is InChI=1S/C19H17NO3/c1-20-15-6-4-3-5-12(15)10-16(20)18-11-14-9-13(19(21)22-2)7-8-17(14)23-18/h3-10,18H,11H2,1-2H3. The van der Waals surface area contributed by atoms with Crippen LogP contribution in [0.1, 0.15) is 27.7 Å². The van der Waals surface area contributed by atoms with Gasteiger partial charge in [0.2, 0.25) is 0 Å². The Hall–Kier alpha value is -2.75. The number of methoxy groups -OCH3 is 1. The van der Waals surface area contributed by atoms with Crippen molar-refractivity contribution in [2.24, 2.45) is 7.05 Å². The molecule has 0 saturated carbocycles. The molecule has 0 amide bonds. The van der Waals surface area contributed by atoms with Crippen LogP contribution in [0.5, 0.6) is 5.75 Å². The van der Waals surface area contributed by atoms with Crippen molar-refractivity contribution >= 4 is 16.9 Å². The lowest BCUT2D eigenvalue weighted by molar-refractivity contribution is 0.0600. The molecular formula is C19H17NO3. The van der Waals surface area contributed by atoms with Crippen LogP contribution in [-0.4, -0.2) is 17.6 Å². The van der Waals surface area contributed by atoms with E-state index >= 15 is 0 Å². The van der Waals surface area contributed by atoms with E-state index in [1.54, 1.807) is 6.07 Å². The largest absolute Gasteiger partial charge is 0.484 e. The van der Waals surface area contributed by atoms with Crippen molar-refractivity contribution in [3.63, 3.8) is 0 Å². The number of carbonyl (C=O) groups is 1. The third kappa shape index (κ3) is 2.18. The first kappa shape index (κ1) is 13.9. The summed E-state index contributed by atoms with van der Waals surface area (Å²) in [5, 5.41) is 1.21. The second-order valence-electron chi connectivity index (χ2n) is 5.81. The van der Waals surface area contributed by atoms with Crippen LogP contribution in [0.4, 0.5) is 0 Å². The average molecular weight is 307 g/mol. The van der Waals surface area contributed by atoms with Crippen LogP contribution < -0.4 is 4.74 Å². The number of aromatic nitrogens is 1. The minimum Gasteiger partial charge on any atom is -0.484 e. The van der Waals surface area contributed by atoms with Crippen molar-refractivity contribution in [1.82, 2.24) is 4.57 Å². The SMILES string of the molecule is COC(=O)c1ccc2c(c1)CC(c1cc3ccccc3n1C)O2. The first-order valence-electron chi connectivity index (χ1n) is 7.59. The quantitative estimate of drug-likeness (QED) is 0.679. The van der Waals surface area contributed by atoms with Crippen LogP contribution in [0, 0.1) is 0 Å². The number of rotatable bonds is 2. The van der Waals surface area contributed by atoms with Crippen molar-refractivity contribution in [2.75, 3.05) is 7.11 Å². The summed E-state index contributed by atoms with van der Waals surface area (Å²) in [5.41, 5.74) is 3.94. The fourth-order valence-electron chi connectivity index (χ4n) is 3.28. The molecule has 1 aromatic heterocycles. The lowest BCUT2D eigenvalue weighted by atomic mass is 10.1. The zero-order valence-corrected chi connectivity index (χ0v) is 13.1. The smallest absolute Gasteiger partial charge is 0.337 e. The third-order valence-corrected chi connectivity index (χ3v) is 4.47. The van der Waals surface area contributed by atoms with Gasteiger partial charge in [-0.25, -0.2) is 4.79 Å². The Morgan fingerprint density at radius 2 is 2.04 bits per heavy atom. The van der Waals surface area contributed by atoms with E-state index in [1.165, 1.54) is 18.0 Å². The number of esters is 1. The van der Waals surface area contributed by atoms with Gasteiger partial charge in [-0.2, -0.15) is 0 Å². The van der Waals surface area contributed by atoms with Crippen LogP contribution in [0.25, 0.3) is 10.9 Å². The van der Waals surface area contributed by atoms with Crippen molar-refractivity contribution in [3.05, 3.63) is 65.4 Å². The fourth-order valence-corrected chi connectivity index (χ4v) is 3.28. The summed E-state index contributed by atoms with van der Waals surface area (Å²) in [6.07, 6.45) is 0.722. The molecule has 1 aliphatic rings. The van der Waals surface area contributed by atoms with Crippen molar-refractivity contribution in [1.29, 1.82) is 0 Å². The van der Waals surface area contributed by atoms with Gasteiger partial charge in [0.05, 0.1) is 18.4 Å². The normalized spacial score (nSPS) is 16.2. The number of aryl methyl sites for hydroxylation is 1. The second kappa shape index (κ2) is 5.16. The lowest BCUT2D eigenvalue weighted by Crippen LogP contribution is -2.08. The Labute approximate surface area is 134 Å². The maximum Gasteiger partial charge on any atom is 0.337 e. The molecule has 0 fully saturated rings. The van der Waals surface area contributed by atoms with Crippen molar-refractivity contribution < 1.29 is 14.3 Å². The summed E-state index contributed by atoms with van der Waals surface area (Å²) >= 11 is 0. The molecule has 3 aromatic rings. The van der Waals surface area contributed by atoms with Gasteiger partial charge >= 0.3 is 5.97 Å². The molecule has 4 heteroatoms. The van der Waals surface area contributed by atoms with Gasteiger partial charge in [0.15, 0.2) is 0 Å². The molecule has 2 heterocycles. The summed E-state index contributed by atoms with van der Waals surface area (Å²) in [6.45, 7) is 0. The van der Waals surface area contributed by atoms with E-state index in [9.17, 15) is 4.79 Å². The number of benzene rings is 2. The number of hydrogen-bond donors (Lipinski definition) is 0. The number of nitrogens with zero attached hydrogens (tertiary/aromatic N) is 1. The van der Waals surface area contributed by atoms with Gasteiger partial charge < -0.3 is 14.0 Å². The molecule has 0 N–H and O–H groups in total. The Morgan fingerprint density at radius 3 is 2.83 bits per heavy atom. The minimum absolute atomic E-state index is 0.0321. The highest BCUT2D eigenvalue weighted by atomic mass is 16.5. The molecule has 116 valence electrons. The number of ether oxygens (including phenoxy) is 2. The maximum atomic E-state index is 11.7. The van der Waals surface area contributed by atoms with Gasteiger partial charge in [0.1, 0.15) is 11.9 Å². The third-order valence-electron chi connectivity index (χ3n) is 4.47. The summed E-state index contributed by atoms with van der Waals surface area (Å²) in [5.74, 6) is 0.522.